The van der Waals surface area contributed by atoms with E-state index in [1.165, 1.54) is 54.6 Å². The van der Waals surface area contributed by atoms with Crippen LogP contribution in [0.15, 0.2) is 103 Å². The average molecular weight is 695 g/mol. The van der Waals surface area contributed by atoms with Crippen LogP contribution in [0.25, 0.3) is 54.9 Å². The molecule has 0 heterocycles. The number of alkyl halides is 12. The highest BCUT2D eigenvalue weighted by atomic mass is 19.4. The quantitative estimate of drug-likeness (QED) is 0.183. The molecule has 0 bridgehead atoms. The van der Waals surface area contributed by atoms with E-state index < -0.39 is 69.4 Å². The zero-order valence-corrected chi connectivity index (χ0v) is 24.3. The van der Waals surface area contributed by atoms with E-state index in [-0.39, 0.29) is 39.6 Å². The van der Waals surface area contributed by atoms with E-state index in [0.717, 1.165) is 0 Å². The van der Waals surface area contributed by atoms with E-state index in [1.54, 1.807) is 12.1 Å². The van der Waals surface area contributed by atoms with Crippen LogP contribution >= 0.6 is 0 Å². The van der Waals surface area contributed by atoms with Crippen molar-refractivity contribution in [3.05, 3.63) is 125 Å². The number of benzene rings is 6. The number of hydrogen-bond donors (Lipinski definition) is 1. The van der Waals surface area contributed by atoms with E-state index in [0.29, 0.717) is 35.0 Å². The second kappa shape index (κ2) is 11.5. The molecule has 0 amide bonds. The third-order valence-corrected chi connectivity index (χ3v) is 7.97. The maximum atomic E-state index is 13.8. The average Bonchev–Trinajstić information content (AvgIpc) is 3.02. The second-order valence-corrected chi connectivity index (χ2v) is 11.2. The normalized spacial score (nSPS) is 13.0. The van der Waals surface area contributed by atoms with Crippen LogP contribution in [0.3, 0.4) is 0 Å². The van der Waals surface area contributed by atoms with Gasteiger partial charge in [-0.3, -0.25) is 0 Å². The van der Waals surface area contributed by atoms with Gasteiger partial charge in [-0.25, -0.2) is 0 Å². The molecule has 0 atom stereocenters. The van der Waals surface area contributed by atoms with Crippen molar-refractivity contribution in [1.29, 1.82) is 0 Å². The van der Waals surface area contributed by atoms with Crippen molar-refractivity contribution in [2.75, 3.05) is 0 Å². The smallest absolute Gasteiger partial charge is 0.416 e. The summed E-state index contributed by atoms with van der Waals surface area (Å²) in [4.78, 5) is 0. The zero-order chi connectivity index (χ0) is 35.7. The molecular weight excluding hydrogens is 676 g/mol. The number of phenols is 1. The molecule has 252 valence electrons. The number of hydrogen-bond acceptors (Lipinski definition) is 1. The zero-order valence-electron chi connectivity index (χ0n) is 24.3. The molecule has 49 heavy (non-hydrogen) atoms. The first kappa shape index (κ1) is 33.7. The molecule has 0 saturated carbocycles. The number of aromatic hydroxyl groups is 1. The van der Waals surface area contributed by atoms with Gasteiger partial charge in [0.05, 0.1) is 22.3 Å². The van der Waals surface area contributed by atoms with Gasteiger partial charge in [-0.1, -0.05) is 48.5 Å². The molecular formula is C36H18F12O. The lowest BCUT2D eigenvalue weighted by Gasteiger charge is -2.20. The molecule has 0 spiro atoms. The largest absolute Gasteiger partial charge is 0.507 e. The molecule has 6 rings (SSSR count). The summed E-state index contributed by atoms with van der Waals surface area (Å²) in [6.45, 7) is 0. The number of halogens is 12. The van der Waals surface area contributed by atoms with Gasteiger partial charge in [-0.2, -0.15) is 52.7 Å². The van der Waals surface area contributed by atoms with Gasteiger partial charge in [0.2, 0.25) is 0 Å². The lowest BCUT2D eigenvalue weighted by atomic mass is 9.86. The molecule has 1 N–H and O–H groups in total. The maximum absolute atomic E-state index is 13.8. The van der Waals surface area contributed by atoms with Crippen molar-refractivity contribution < 1.29 is 57.8 Å². The van der Waals surface area contributed by atoms with Crippen LogP contribution in [-0.2, 0) is 24.7 Å². The highest BCUT2D eigenvalue weighted by molar-refractivity contribution is 6.11. The first-order chi connectivity index (χ1) is 22.7. The summed E-state index contributed by atoms with van der Waals surface area (Å²) in [6.07, 6.45) is -20.7. The Hall–Kier alpha value is -5.20. The van der Waals surface area contributed by atoms with Crippen LogP contribution in [-0.4, -0.2) is 5.11 Å². The SMILES string of the molecule is Oc1c(-c2cc(C(F)(F)F)cc(C(F)(F)F)c2)cc2ccccc2c1-c1cc(-c2cc(C(F)(F)F)cc(C(F)(F)F)c2)cc2ccccc12. The van der Waals surface area contributed by atoms with Gasteiger partial charge in [0, 0.05) is 11.1 Å². The molecule has 0 aliphatic carbocycles. The highest BCUT2D eigenvalue weighted by Crippen LogP contribution is 2.49. The monoisotopic (exact) mass is 694 g/mol. The molecule has 0 saturated heterocycles. The van der Waals surface area contributed by atoms with Gasteiger partial charge >= 0.3 is 24.7 Å². The summed E-state index contributed by atoms with van der Waals surface area (Å²) in [5, 5.41) is 12.9. The van der Waals surface area contributed by atoms with Gasteiger partial charge in [0.1, 0.15) is 5.75 Å². The van der Waals surface area contributed by atoms with Crippen LogP contribution < -0.4 is 0 Å². The molecule has 0 unspecified atom stereocenters. The van der Waals surface area contributed by atoms with Crippen molar-refractivity contribution in [1.82, 2.24) is 0 Å². The minimum absolute atomic E-state index is 0.0292. The van der Waals surface area contributed by atoms with Crippen LogP contribution in [0.4, 0.5) is 52.7 Å². The van der Waals surface area contributed by atoms with E-state index >= 15 is 0 Å². The van der Waals surface area contributed by atoms with Gasteiger partial charge < -0.3 is 5.11 Å². The van der Waals surface area contributed by atoms with Crippen LogP contribution in [0.2, 0.25) is 0 Å². The second-order valence-electron chi connectivity index (χ2n) is 11.2. The fourth-order valence-electron chi connectivity index (χ4n) is 5.75. The van der Waals surface area contributed by atoms with Gasteiger partial charge in [0.15, 0.2) is 0 Å². The molecule has 0 radical (unpaired) electrons. The third-order valence-electron chi connectivity index (χ3n) is 7.97. The summed E-state index contributed by atoms with van der Waals surface area (Å²) >= 11 is 0. The minimum atomic E-state index is -5.20. The third kappa shape index (κ3) is 6.49. The van der Waals surface area contributed by atoms with Crippen molar-refractivity contribution >= 4 is 21.5 Å². The van der Waals surface area contributed by atoms with E-state index in [4.69, 9.17) is 0 Å². The lowest BCUT2D eigenvalue weighted by Crippen LogP contribution is -2.11. The first-order valence-electron chi connectivity index (χ1n) is 14.1. The Bertz CT molecular complexity index is 2180. The lowest BCUT2D eigenvalue weighted by molar-refractivity contribution is -0.144. The molecule has 0 fully saturated rings. The van der Waals surface area contributed by atoms with Gasteiger partial charge in [0.25, 0.3) is 0 Å². The predicted molar refractivity (Wildman–Crippen MR) is 159 cm³/mol. The van der Waals surface area contributed by atoms with Crippen molar-refractivity contribution in [3.8, 4) is 39.1 Å². The fraction of sp³-hybridized carbons (Fsp3) is 0.111. The Morgan fingerprint density at radius 2 is 0.755 bits per heavy atom. The Morgan fingerprint density at radius 3 is 1.22 bits per heavy atom. The first-order valence-corrected chi connectivity index (χ1v) is 14.1. The highest BCUT2D eigenvalue weighted by Gasteiger charge is 2.39. The number of fused-ring (bicyclic) bond motifs is 2. The van der Waals surface area contributed by atoms with Crippen LogP contribution in [0.5, 0.6) is 5.75 Å². The Morgan fingerprint density at radius 1 is 0.367 bits per heavy atom. The summed E-state index contributed by atoms with van der Waals surface area (Å²) in [6, 6.07) is 17.8. The minimum Gasteiger partial charge on any atom is -0.507 e. The Kier molecular flexibility index (Phi) is 7.88. The van der Waals surface area contributed by atoms with E-state index in [9.17, 15) is 57.8 Å². The summed E-state index contributed by atoms with van der Waals surface area (Å²) in [5.74, 6) is -0.770. The molecule has 1 nitrogen and oxygen atoms in total. The maximum Gasteiger partial charge on any atom is 0.416 e. The standard InChI is InChI=1S/C36H18F12O/c37-33(38,39)23-10-21(11-24(16-23)34(40,41)42)20-9-18-5-1-3-7-27(18)30(15-20)31-28-8-4-2-6-19(28)14-29(32(31)49)22-12-25(35(43,44)45)17-26(13-22)36(46,47)48/h1-17,49H. The summed E-state index contributed by atoms with van der Waals surface area (Å²) < 4.78 is 165. The van der Waals surface area contributed by atoms with Gasteiger partial charge in [-0.15, -0.1) is 0 Å². The van der Waals surface area contributed by atoms with E-state index in [1.807, 2.05) is 0 Å². The van der Waals surface area contributed by atoms with Crippen molar-refractivity contribution in [2.45, 2.75) is 24.7 Å². The van der Waals surface area contributed by atoms with Crippen molar-refractivity contribution in [3.63, 3.8) is 0 Å². The summed E-state index contributed by atoms with van der Waals surface area (Å²) in [7, 11) is 0. The van der Waals surface area contributed by atoms with Crippen LogP contribution in [0, 0.1) is 0 Å². The number of phenolic OH excluding ortho intramolecular Hbond substituents is 1. The van der Waals surface area contributed by atoms with Crippen LogP contribution in [0.1, 0.15) is 22.3 Å². The fourth-order valence-corrected chi connectivity index (χ4v) is 5.75. The topological polar surface area (TPSA) is 20.2 Å². The molecule has 0 aromatic heterocycles. The van der Waals surface area contributed by atoms with E-state index in [2.05, 4.69) is 0 Å². The Balaban J connectivity index is 1.70. The number of rotatable bonds is 3. The predicted octanol–water partition coefficient (Wildman–Crippen LogP) is 12.8. The van der Waals surface area contributed by atoms with Crippen molar-refractivity contribution in [2.24, 2.45) is 0 Å². The summed E-state index contributed by atoms with van der Waals surface area (Å²) in [5.41, 5.74) is -8.21. The molecule has 0 aliphatic rings. The molecule has 13 heteroatoms. The molecule has 6 aromatic rings. The molecule has 6 aromatic carbocycles. The molecule has 0 aliphatic heterocycles. The van der Waals surface area contributed by atoms with Gasteiger partial charge in [-0.05, 0) is 98.4 Å². The Labute approximate surface area is 268 Å².